The van der Waals surface area contributed by atoms with Gasteiger partial charge in [-0.05, 0) is 52.5 Å². The van der Waals surface area contributed by atoms with Gasteiger partial charge in [-0.2, -0.15) is 0 Å². The molecule has 0 radical (unpaired) electrons. The van der Waals surface area contributed by atoms with Gasteiger partial charge in [0.25, 0.3) is 0 Å². The number of benzene rings is 2. The Hall–Kier alpha value is -0.770. The van der Waals surface area contributed by atoms with Crippen molar-refractivity contribution < 1.29 is 0 Å². The number of nitrogens with two attached hydrogens (primary N) is 1. The fourth-order valence-corrected chi connectivity index (χ4v) is 3.54. The van der Waals surface area contributed by atoms with Gasteiger partial charge in [-0.15, -0.1) is 11.8 Å². The van der Waals surface area contributed by atoms with Crippen molar-refractivity contribution in [1.29, 1.82) is 0 Å². The molecule has 1 atom stereocenters. The van der Waals surface area contributed by atoms with Gasteiger partial charge in [0.1, 0.15) is 0 Å². The Balaban J connectivity index is 2.01. The van der Waals surface area contributed by atoms with E-state index in [0.717, 1.165) is 16.6 Å². The molecule has 0 fully saturated rings. The molecule has 19 heavy (non-hydrogen) atoms. The molecule has 1 unspecified atom stereocenters. The van der Waals surface area contributed by atoms with E-state index in [0.29, 0.717) is 0 Å². The van der Waals surface area contributed by atoms with Crippen molar-refractivity contribution in [3.8, 4) is 0 Å². The summed E-state index contributed by atoms with van der Waals surface area (Å²) in [7, 11) is 0. The summed E-state index contributed by atoms with van der Waals surface area (Å²) >= 11 is 5.50. The van der Waals surface area contributed by atoms with Crippen LogP contribution in [0.3, 0.4) is 0 Å². The van der Waals surface area contributed by atoms with Crippen molar-refractivity contribution in [3.05, 3.63) is 64.1 Å². The molecule has 0 amide bonds. The highest BCUT2D eigenvalue weighted by atomic mass is 79.9. The van der Waals surface area contributed by atoms with Gasteiger partial charge in [0.15, 0.2) is 0 Å². The maximum absolute atomic E-state index is 5.83. The molecule has 0 spiro atoms. The van der Waals surface area contributed by atoms with Gasteiger partial charge in [0.05, 0.1) is 0 Å². The van der Waals surface area contributed by atoms with Crippen LogP contribution in [0.5, 0.6) is 0 Å². The molecule has 3 heteroatoms. The second-order valence-electron chi connectivity index (χ2n) is 4.72. The normalized spacial score (nSPS) is 12.4. The lowest BCUT2D eigenvalue weighted by atomic mass is 10.1. The zero-order valence-corrected chi connectivity index (χ0v) is 13.4. The second kappa shape index (κ2) is 7.13. The van der Waals surface area contributed by atoms with Crippen LogP contribution in [-0.4, -0.2) is 6.04 Å². The first kappa shape index (κ1) is 14.6. The molecule has 2 aromatic carbocycles. The van der Waals surface area contributed by atoms with Crippen LogP contribution < -0.4 is 5.73 Å². The van der Waals surface area contributed by atoms with Crippen LogP contribution in [0.4, 0.5) is 0 Å². The molecule has 2 rings (SSSR count). The minimum Gasteiger partial charge on any atom is -0.328 e. The molecular formula is C16H18BrNS. The van der Waals surface area contributed by atoms with Crippen LogP contribution in [0.2, 0.25) is 0 Å². The predicted molar refractivity (Wildman–Crippen MR) is 87.5 cm³/mol. The van der Waals surface area contributed by atoms with Gasteiger partial charge in [-0.25, -0.2) is 0 Å². The molecule has 2 N–H and O–H groups in total. The lowest BCUT2D eigenvalue weighted by molar-refractivity contribution is 0.737. The standard InChI is InChI=1S/C16H18BrNS/c1-12(18)9-14-7-8-16(15(17)10-14)19-11-13-5-3-2-4-6-13/h2-8,10,12H,9,11,18H2,1H3. The highest BCUT2D eigenvalue weighted by Gasteiger charge is 2.04. The summed E-state index contributed by atoms with van der Waals surface area (Å²) in [6, 6.07) is 17.2. The van der Waals surface area contributed by atoms with Gasteiger partial charge in [-0.1, -0.05) is 36.4 Å². The SMILES string of the molecule is CC(N)Cc1ccc(SCc2ccccc2)c(Br)c1. The number of rotatable bonds is 5. The van der Waals surface area contributed by atoms with E-state index < -0.39 is 0 Å². The monoisotopic (exact) mass is 335 g/mol. The van der Waals surface area contributed by atoms with E-state index >= 15 is 0 Å². The summed E-state index contributed by atoms with van der Waals surface area (Å²) in [6.07, 6.45) is 0.919. The Morgan fingerprint density at radius 2 is 1.84 bits per heavy atom. The highest BCUT2D eigenvalue weighted by Crippen LogP contribution is 2.31. The predicted octanol–water partition coefficient (Wildman–Crippen LogP) is 4.63. The molecule has 0 saturated heterocycles. The van der Waals surface area contributed by atoms with E-state index in [1.165, 1.54) is 16.0 Å². The van der Waals surface area contributed by atoms with Crippen molar-refractivity contribution in [2.45, 2.75) is 30.0 Å². The van der Waals surface area contributed by atoms with Crippen molar-refractivity contribution in [3.63, 3.8) is 0 Å². The summed E-state index contributed by atoms with van der Waals surface area (Å²) in [5, 5.41) is 0. The summed E-state index contributed by atoms with van der Waals surface area (Å²) < 4.78 is 1.16. The van der Waals surface area contributed by atoms with E-state index in [1.54, 1.807) is 0 Å². The highest BCUT2D eigenvalue weighted by molar-refractivity contribution is 9.10. The molecule has 0 aliphatic rings. The molecule has 0 aromatic heterocycles. The van der Waals surface area contributed by atoms with E-state index in [1.807, 2.05) is 24.8 Å². The minimum absolute atomic E-state index is 0.203. The average Bonchev–Trinajstić information content (AvgIpc) is 2.38. The van der Waals surface area contributed by atoms with Crippen LogP contribution >= 0.6 is 27.7 Å². The van der Waals surface area contributed by atoms with E-state index in [9.17, 15) is 0 Å². The lowest BCUT2D eigenvalue weighted by Gasteiger charge is -2.09. The number of hydrogen-bond donors (Lipinski definition) is 1. The zero-order valence-electron chi connectivity index (χ0n) is 11.0. The van der Waals surface area contributed by atoms with E-state index in [-0.39, 0.29) is 6.04 Å². The number of halogens is 1. The summed E-state index contributed by atoms with van der Waals surface area (Å²) in [6.45, 7) is 2.03. The maximum atomic E-state index is 5.83. The smallest absolute Gasteiger partial charge is 0.0314 e. The fourth-order valence-electron chi connectivity index (χ4n) is 1.90. The largest absolute Gasteiger partial charge is 0.328 e. The zero-order chi connectivity index (χ0) is 13.7. The molecule has 0 aliphatic carbocycles. The van der Waals surface area contributed by atoms with Gasteiger partial charge >= 0.3 is 0 Å². The summed E-state index contributed by atoms with van der Waals surface area (Å²) in [5.41, 5.74) is 8.46. The molecular weight excluding hydrogens is 318 g/mol. The fraction of sp³-hybridized carbons (Fsp3) is 0.250. The second-order valence-corrected chi connectivity index (χ2v) is 6.59. The molecule has 0 bridgehead atoms. The third-order valence-electron chi connectivity index (χ3n) is 2.79. The summed E-state index contributed by atoms with van der Waals surface area (Å²) in [5.74, 6) is 0.992. The lowest BCUT2D eigenvalue weighted by Crippen LogP contribution is -2.17. The van der Waals surface area contributed by atoms with Crippen LogP contribution in [0.1, 0.15) is 18.1 Å². The molecule has 0 aliphatic heterocycles. The molecule has 1 nitrogen and oxygen atoms in total. The Labute approximate surface area is 127 Å². The van der Waals surface area contributed by atoms with Crippen molar-refractivity contribution in [2.75, 3.05) is 0 Å². The summed E-state index contributed by atoms with van der Waals surface area (Å²) in [4.78, 5) is 1.28. The number of thioether (sulfide) groups is 1. The third kappa shape index (κ3) is 4.68. The maximum Gasteiger partial charge on any atom is 0.0314 e. The first-order valence-electron chi connectivity index (χ1n) is 6.36. The average molecular weight is 336 g/mol. The van der Waals surface area contributed by atoms with Crippen molar-refractivity contribution >= 4 is 27.7 Å². The van der Waals surface area contributed by atoms with Gasteiger partial charge in [0.2, 0.25) is 0 Å². The van der Waals surface area contributed by atoms with Crippen LogP contribution in [0.25, 0.3) is 0 Å². The van der Waals surface area contributed by atoms with E-state index in [2.05, 4.69) is 58.4 Å². The molecule has 100 valence electrons. The quantitative estimate of drug-likeness (QED) is 0.806. The Morgan fingerprint density at radius 3 is 2.47 bits per heavy atom. The Kier molecular flexibility index (Phi) is 5.49. The third-order valence-corrected chi connectivity index (χ3v) is 4.85. The van der Waals surface area contributed by atoms with Crippen molar-refractivity contribution in [2.24, 2.45) is 5.73 Å². The van der Waals surface area contributed by atoms with Crippen LogP contribution in [-0.2, 0) is 12.2 Å². The Bertz CT molecular complexity index is 526. The molecule has 0 saturated carbocycles. The van der Waals surface area contributed by atoms with Gasteiger partial charge < -0.3 is 5.73 Å². The Morgan fingerprint density at radius 1 is 1.11 bits per heavy atom. The first-order chi connectivity index (χ1) is 9.15. The van der Waals surface area contributed by atoms with Crippen LogP contribution in [0, 0.1) is 0 Å². The van der Waals surface area contributed by atoms with Crippen LogP contribution in [0.15, 0.2) is 57.9 Å². The number of hydrogen-bond acceptors (Lipinski definition) is 2. The molecule has 2 aromatic rings. The van der Waals surface area contributed by atoms with E-state index in [4.69, 9.17) is 5.73 Å². The minimum atomic E-state index is 0.203. The molecule has 0 heterocycles. The van der Waals surface area contributed by atoms with Gasteiger partial charge in [-0.3, -0.25) is 0 Å². The van der Waals surface area contributed by atoms with Gasteiger partial charge in [0, 0.05) is 21.2 Å². The van der Waals surface area contributed by atoms with Crippen molar-refractivity contribution in [1.82, 2.24) is 0 Å². The topological polar surface area (TPSA) is 26.0 Å². The first-order valence-corrected chi connectivity index (χ1v) is 8.14.